The van der Waals surface area contributed by atoms with Crippen LogP contribution in [0.25, 0.3) is 0 Å². The lowest BCUT2D eigenvalue weighted by Gasteiger charge is -2.23. The van der Waals surface area contributed by atoms with E-state index >= 15 is 0 Å². The van der Waals surface area contributed by atoms with Gasteiger partial charge < -0.3 is 15.0 Å². The number of aromatic nitrogens is 2. The molecule has 0 unspecified atom stereocenters. The van der Waals surface area contributed by atoms with Crippen LogP contribution in [0.15, 0.2) is 60.7 Å². The minimum atomic E-state index is 0.163. The second-order valence-electron chi connectivity index (χ2n) is 6.97. The van der Waals surface area contributed by atoms with Crippen molar-refractivity contribution in [1.29, 1.82) is 0 Å². The van der Waals surface area contributed by atoms with E-state index < -0.39 is 0 Å². The van der Waals surface area contributed by atoms with E-state index in [0.29, 0.717) is 0 Å². The molecule has 0 aliphatic carbocycles. The highest BCUT2D eigenvalue weighted by atomic mass is 16.5. The maximum atomic E-state index is 5.70. The third kappa shape index (κ3) is 5.46. The van der Waals surface area contributed by atoms with Gasteiger partial charge in [-0.05, 0) is 57.5 Å². The summed E-state index contributed by atoms with van der Waals surface area (Å²) in [5.41, 5.74) is 2.22. The normalized spacial score (nSPS) is 10.8. The van der Waals surface area contributed by atoms with Crippen LogP contribution >= 0.6 is 0 Å². The van der Waals surface area contributed by atoms with E-state index in [1.807, 2.05) is 57.2 Å². The minimum Gasteiger partial charge on any atom is -0.491 e. The standard InChI is InChI=1S/C23H28N4O/c1-5-27(16-19-9-7-6-8-10-19)23-15-22(24-18(4)25-23)26-20-11-13-21(14-12-20)28-17(2)3/h6-15,17H,5,16H2,1-4H3,(H,24,25,26). The van der Waals surface area contributed by atoms with Crippen molar-refractivity contribution in [3.05, 3.63) is 72.1 Å². The average molecular weight is 377 g/mol. The van der Waals surface area contributed by atoms with Gasteiger partial charge in [0.25, 0.3) is 0 Å². The quantitative estimate of drug-likeness (QED) is 0.575. The molecule has 5 heteroatoms. The van der Waals surface area contributed by atoms with Crippen LogP contribution in [0.2, 0.25) is 0 Å². The van der Waals surface area contributed by atoms with Gasteiger partial charge in [-0.25, -0.2) is 9.97 Å². The third-order valence-corrected chi connectivity index (χ3v) is 4.24. The van der Waals surface area contributed by atoms with E-state index in [1.165, 1.54) is 5.56 Å². The van der Waals surface area contributed by atoms with Crippen LogP contribution in [0, 0.1) is 6.92 Å². The number of rotatable bonds is 8. The lowest BCUT2D eigenvalue weighted by atomic mass is 10.2. The van der Waals surface area contributed by atoms with E-state index in [2.05, 4.69) is 51.4 Å². The first-order valence-corrected chi connectivity index (χ1v) is 9.72. The molecule has 1 aromatic heterocycles. The predicted octanol–water partition coefficient (Wildman–Crippen LogP) is 5.34. The highest BCUT2D eigenvalue weighted by Gasteiger charge is 2.10. The molecule has 0 atom stereocenters. The molecular formula is C23H28N4O. The summed E-state index contributed by atoms with van der Waals surface area (Å²) in [6, 6.07) is 20.4. The van der Waals surface area contributed by atoms with Gasteiger partial charge in [-0.2, -0.15) is 0 Å². The molecule has 0 aliphatic heterocycles. The highest BCUT2D eigenvalue weighted by Crippen LogP contribution is 2.23. The van der Waals surface area contributed by atoms with Crippen molar-refractivity contribution < 1.29 is 4.74 Å². The Labute approximate surface area is 167 Å². The fraction of sp³-hybridized carbons (Fsp3) is 0.304. The smallest absolute Gasteiger partial charge is 0.136 e. The summed E-state index contributed by atoms with van der Waals surface area (Å²) in [6.07, 6.45) is 0.163. The number of nitrogens with one attached hydrogen (secondary N) is 1. The second kappa shape index (κ2) is 9.22. The number of benzene rings is 2. The van der Waals surface area contributed by atoms with Crippen LogP contribution in [0.1, 0.15) is 32.2 Å². The number of aryl methyl sites for hydroxylation is 1. The zero-order chi connectivity index (χ0) is 19.9. The van der Waals surface area contributed by atoms with Crippen LogP contribution < -0.4 is 15.0 Å². The SMILES string of the molecule is CCN(Cc1ccccc1)c1cc(Nc2ccc(OC(C)C)cc2)nc(C)n1. The molecule has 146 valence electrons. The van der Waals surface area contributed by atoms with Gasteiger partial charge in [0.2, 0.25) is 0 Å². The highest BCUT2D eigenvalue weighted by molar-refractivity contribution is 5.60. The van der Waals surface area contributed by atoms with Crippen LogP contribution in [0.4, 0.5) is 17.3 Å². The van der Waals surface area contributed by atoms with E-state index in [4.69, 9.17) is 4.74 Å². The number of nitrogens with zero attached hydrogens (tertiary/aromatic N) is 3. The zero-order valence-corrected chi connectivity index (χ0v) is 17.0. The fourth-order valence-electron chi connectivity index (χ4n) is 2.97. The molecule has 28 heavy (non-hydrogen) atoms. The van der Waals surface area contributed by atoms with Crippen LogP contribution in [0.5, 0.6) is 5.75 Å². The number of anilines is 3. The van der Waals surface area contributed by atoms with Crippen LogP contribution in [-0.4, -0.2) is 22.6 Å². The third-order valence-electron chi connectivity index (χ3n) is 4.24. The fourth-order valence-corrected chi connectivity index (χ4v) is 2.97. The molecule has 2 aromatic carbocycles. The molecule has 0 amide bonds. The first-order valence-electron chi connectivity index (χ1n) is 9.72. The molecule has 0 aliphatic rings. The Kier molecular flexibility index (Phi) is 6.48. The average Bonchev–Trinajstić information content (AvgIpc) is 2.67. The molecule has 0 radical (unpaired) electrons. The summed E-state index contributed by atoms with van der Waals surface area (Å²) in [6.45, 7) is 9.78. The maximum absolute atomic E-state index is 5.70. The summed E-state index contributed by atoms with van der Waals surface area (Å²) in [5, 5.41) is 3.38. The van der Waals surface area contributed by atoms with Crippen molar-refractivity contribution in [3.63, 3.8) is 0 Å². The van der Waals surface area contributed by atoms with E-state index in [1.54, 1.807) is 0 Å². The van der Waals surface area contributed by atoms with Crippen molar-refractivity contribution in [2.45, 2.75) is 40.3 Å². The summed E-state index contributed by atoms with van der Waals surface area (Å²) in [7, 11) is 0. The van der Waals surface area contributed by atoms with Crippen molar-refractivity contribution in [1.82, 2.24) is 9.97 Å². The minimum absolute atomic E-state index is 0.163. The van der Waals surface area contributed by atoms with E-state index in [0.717, 1.165) is 42.0 Å². The van der Waals surface area contributed by atoms with E-state index in [9.17, 15) is 0 Å². The number of ether oxygens (including phenoxy) is 1. The molecule has 0 spiro atoms. The predicted molar refractivity (Wildman–Crippen MR) is 115 cm³/mol. The van der Waals surface area contributed by atoms with Gasteiger partial charge in [-0.1, -0.05) is 30.3 Å². The number of hydrogen-bond acceptors (Lipinski definition) is 5. The molecule has 1 heterocycles. The van der Waals surface area contributed by atoms with Crippen LogP contribution in [-0.2, 0) is 6.54 Å². The molecule has 0 saturated carbocycles. The molecule has 0 bridgehead atoms. The van der Waals surface area contributed by atoms with Gasteiger partial charge in [0.15, 0.2) is 0 Å². The lowest BCUT2D eigenvalue weighted by Crippen LogP contribution is -2.23. The molecule has 5 nitrogen and oxygen atoms in total. The monoisotopic (exact) mass is 376 g/mol. The van der Waals surface area contributed by atoms with Gasteiger partial charge in [-0.3, -0.25) is 0 Å². The Morgan fingerprint density at radius 3 is 2.36 bits per heavy atom. The van der Waals surface area contributed by atoms with Crippen molar-refractivity contribution >= 4 is 17.3 Å². The first kappa shape index (κ1) is 19.7. The lowest BCUT2D eigenvalue weighted by molar-refractivity contribution is 0.242. The van der Waals surface area contributed by atoms with Crippen molar-refractivity contribution in [3.8, 4) is 5.75 Å². The summed E-state index contributed by atoms with van der Waals surface area (Å²) in [5.74, 6) is 3.30. The Balaban J connectivity index is 1.76. The zero-order valence-electron chi connectivity index (χ0n) is 17.0. The Morgan fingerprint density at radius 1 is 1.00 bits per heavy atom. The molecule has 3 aromatic rings. The molecule has 0 saturated heterocycles. The van der Waals surface area contributed by atoms with Gasteiger partial charge in [-0.15, -0.1) is 0 Å². The molecule has 1 N–H and O–H groups in total. The first-order chi connectivity index (χ1) is 13.5. The van der Waals surface area contributed by atoms with Gasteiger partial charge in [0, 0.05) is 24.8 Å². The summed E-state index contributed by atoms with van der Waals surface area (Å²) in [4.78, 5) is 11.4. The Bertz CT molecular complexity index is 879. The maximum Gasteiger partial charge on any atom is 0.136 e. The van der Waals surface area contributed by atoms with Gasteiger partial charge in [0.05, 0.1) is 6.10 Å². The Morgan fingerprint density at radius 2 is 1.71 bits per heavy atom. The molecular weight excluding hydrogens is 348 g/mol. The van der Waals surface area contributed by atoms with Crippen molar-refractivity contribution in [2.75, 3.05) is 16.8 Å². The number of hydrogen-bond donors (Lipinski definition) is 1. The Hall–Kier alpha value is -3.08. The van der Waals surface area contributed by atoms with Crippen molar-refractivity contribution in [2.24, 2.45) is 0 Å². The van der Waals surface area contributed by atoms with Gasteiger partial charge >= 0.3 is 0 Å². The molecule has 3 rings (SSSR count). The van der Waals surface area contributed by atoms with Gasteiger partial charge in [0.1, 0.15) is 23.2 Å². The van der Waals surface area contributed by atoms with E-state index in [-0.39, 0.29) is 6.10 Å². The largest absolute Gasteiger partial charge is 0.491 e. The summed E-state index contributed by atoms with van der Waals surface area (Å²) >= 11 is 0. The second-order valence-corrected chi connectivity index (χ2v) is 6.97. The summed E-state index contributed by atoms with van der Waals surface area (Å²) < 4.78 is 5.70. The molecule has 0 fully saturated rings. The topological polar surface area (TPSA) is 50.3 Å². The van der Waals surface area contributed by atoms with Crippen LogP contribution in [0.3, 0.4) is 0 Å².